The van der Waals surface area contributed by atoms with Gasteiger partial charge in [0.15, 0.2) is 6.61 Å². The summed E-state index contributed by atoms with van der Waals surface area (Å²) in [5.41, 5.74) is 11.8. The minimum absolute atomic E-state index is 0.342. The van der Waals surface area contributed by atoms with Gasteiger partial charge < -0.3 is 9.84 Å². The van der Waals surface area contributed by atoms with Crippen LogP contribution < -0.4 is 4.74 Å². The molecule has 0 saturated carbocycles. The number of hydrogen-bond acceptors (Lipinski definition) is 3. The second-order valence-electron chi connectivity index (χ2n) is 10.4. The van der Waals surface area contributed by atoms with Gasteiger partial charge >= 0.3 is 5.97 Å². The van der Waals surface area contributed by atoms with Gasteiger partial charge in [-0.15, -0.1) is 11.8 Å². The predicted molar refractivity (Wildman–Crippen MR) is 175 cm³/mol. The number of carbonyl (C=O) groups is 1. The largest absolute Gasteiger partial charge is 0.482 e. The summed E-state index contributed by atoms with van der Waals surface area (Å²) in [6.07, 6.45) is 2.29. The Labute approximate surface area is 252 Å². The van der Waals surface area contributed by atoms with Gasteiger partial charge in [-0.25, -0.2) is 4.79 Å². The van der Waals surface area contributed by atoms with Gasteiger partial charge in [-0.2, -0.15) is 0 Å². The Bertz CT molecular complexity index is 1630. The lowest BCUT2D eigenvalue weighted by Crippen LogP contribution is -2.09. The Balaban J connectivity index is 1.41. The third-order valence-corrected chi connectivity index (χ3v) is 8.05. The standard InChI is InChI=1S/C38H34O3S/c1-26-6-4-8-33(22-26)29-10-14-31(15-11-29)36(32-16-12-30(13-17-32)34-9-5-7-27(2)23-34)20-21-42-35-18-19-37(28(3)24-35)41-25-38(39)40/h4-20,22-24H,21,25H2,1-3H3,(H,39,40). The van der Waals surface area contributed by atoms with Crippen molar-refractivity contribution in [3.05, 3.63) is 149 Å². The topological polar surface area (TPSA) is 46.5 Å². The Morgan fingerprint density at radius 1 is 0.690 bits per heavy atom. The number of rotatable bonds is 10. The SMILES string of the molecule is Cc1cccc(-c2ccc(C(=CCSc3ccc(OCC(=O)O)c(C)c3)c3ccc(-c4cccc(C)c4)cc3)cc2)c1. The van der Waals surface area contributed by atoms with E-state index in [1.165, 1.54) is 50.1 Å². The van der Waals surface area contributed by atoms with Crippen molar-refractivity contribution < 1.29 is 14.6 Å². The third-order valence-electron chi connectivity index (χ3n) is 7.13. The van der Waals surface area contributed by atoms with Crippen LogP contribution in [-0.2, 0) is 4.79 Å². The summed E-state index contributed by atoms with van der Waals surface area (Å²) in [6, 6.07) is 40.7. The highest BCUT2D eigenvalue weighted by molar-refractivity contribution is 7.99. The summed E-state index contributed by atoms with van der Waals surface area (Å²) in [5.74, 6) is 0.397. The molecule has 0 bridgehead atoms. The second kappa shape index (κ2) is 13.4. The zero-order valence-corrected chi connectivity index (χ0v) is 24.9. The first-order valence-electron chi connectivity index (χ1n) is 14.0. The molecule has 0 unspecified atom stereocenters. The molecule has 0 radical (unpaired) electrons. The summed E-state index contributed by atoms with van der Waals surface area (Å²) in [7, 11) is 0. The molecule has 5 aromatic rings. The van der Waals surface area contributed by atoms with Crippen LogP contribution in [0.3, 0.4) is 0 Å². The van der Waals surface area contributed by atoms with Crippen molar-refractivity contribution in [2.24, 2.45) is 0 Å². The van der Waals surface area contributed by atoms with E-state index in [1.807, 2.05) is 25.1 Å². The van der Waals surface area contributed by atoms with Crippen molar-refractivity contribution in [1.29, 1.82) is 0 Å². The van der Waals surface area contributed by atoms with Gasteiger partial charge in [-0.1, -0.05) is 114 Å². The summed E-state index contributed by atoms with van der Waals surface area (Å²) in [4.78, 5) is 12.0. The number of benzene rings is 5. The van der Waals surface area contributed by atoms with E-state index in [4.69, 9.17) is 9.84 Å². The van der Waals surface area contributed by atoms with Crippen LogP contribution in [-0.4, -0.2) is 23.4 Å². The van der Waals surface area contributed by atoms with Crippen molar-refractivity contribution >= 4 is 23.3 Å². The van der Waals surface area contributed by atoms with E-state index in [0.29, 0.717) is 5.75 Å². The molecule has 5 aromatic carbocycles. The smallest absolute Gasteiger partial charge is 0.341 e. The minimum Gasteiger partial charge on any atom is -0.482 e. The van der Waals surface area contributed by atoms with E-state index >= 15 is 0 Å². The van der Waals surface area contributed by atoms with Crippen LogP contribution in [0.4, 0.5) is 0 Å². The van der Waals surface area contributed by atoms with E-state index in [0.717, 1.165) is 16.2 Å². The van der Waals surface area contributed by atoms with Crippen molar-refractivity contribution in [1.82, 2.24) is 0 Å². The van der Waals surface area contributed by atoms with Crippen LogP contribution in [0.2, 0.25) is 0 Å². The fourth-order valence-corrected chi connectivity index (χ4v) is 5.84. The molecule has 0 aliphatic carbocycles. The van der Waals surface area contributed by atoms with E-state index in [1.54, 1.807) is 11.8 Å². The van der Waals surface area contributed by atoms with Crippen LogP contribution in [0.25, 0.3) is 27.8 Å². The Morgan fingerprint density at radius 2 is 1.24 bits per heavy atom. The molecule has 0 aliphatic rings. The van der Waals surface area contributed by atoms with Gasteiger partial charge in [-0.3, -0.25) is 0 Å². The highest BCUT2D eigenvalue weighted by Gasteiger charge is 2.09. The number of carboxylic acids is 1. The van der Waals surface area contributed by atoms with Crippen LogP contribution in [0, 0.1) is 20.8 Å². The van der Waals surface area contributed by atoms with Crippen LogP contribution >= 0.6 is 11.8 Å². The lowest BCUT2D eigenvalue weighted by atomic mass is 9.93. The molecular formula is C38H34O3S. The molecule has 3 nitrogen and oxygen atoms in total. The summed E-state index contributed by atoms with van der Waals surface area (Å²) >= 11 is 1.74. The number of carboxylic acid groups (broad SMARTS) is 1. The molecule has 0 aromatic heterocycles. The molecular weight excluding hydrogens is 536 g/mol. The summed E-state index contributed by atoms with van der Waals surface area (Å²) in [6.45, 7) is 5.84. The third kappa shape index (κ3) is 7.39. The van der Waals surface area contributed by atoms with Gasteiger partial charge in [-0.05, 0) is 83.5 Å². The lowest BCUT2D eigenvalue weighted by Gasteiger charge is -2.12. The number of ether oxygens (including phenoxy) is 1. The van der Waals surface area contributed by atoms with Crippen molar-refractivity contribution in [3.8, 4) is 28.0 Å². The predicted octanol–water partition coefficient (Wildman–Crippen LogP) is 9.63. The Hall–Kier alpha value is -4.54. The fourth-order valence-electron chi connectivity index (χ4n) is 4.97. The van der Waals surface area contributed by atoms with Crippen molar-refractivity contribution in [2.75, 3.05) is 12.4 Å². The first-order valence-corrected chi connectivity index (χ1v) is 15.0. The van der Waals surface area contributed by atoms with Crippen molar-refractivity contribution in [2.45, 2.75) is 25.7 Å². The number of thioether (sulfide) groups is 1. The fraction of sp³-hybridized carbons (Fsp3) is 0.132. The van der Waals surface area contributed by atoms with Gasteiger partial charge in [0.2, 0.25) is 0 Å². The first kappa shape index (κ1) is 29.0. The average Bonchev–Trinajstić information content (AvgIpc) is 2.99. The van der Waals surface area contributed by atoms with Crippen molar-refractivity contribution in [3.63, 3.8) is 0 Å². The molecule has 42 heavy (non-hydrogen) atoms. The molecule has 1 N–H and O–H groups in total. The van der Waals surface area contributed by atoms with Gasteiger partial charge in [0.25, 0.3) is 0 Å². The molecule has 0 spiro atoms. The first-order chi connectivity index (χ1) is 20.4. The van der Waals surface area contributed by atoms with Crippen LogP contribution in [0.5, 0.6) is 5.75 Å². The van der Waals surface area contributed by atoms with E-state index in [9.17, 15) is 4.79 Å². The highest BCUT2D eigenvalue weighted by atomic mass is 32.2. The molecule has 0 heterocycles. The van der Waals surface area contributed by atoms with Gasteiger partial charge in [0.05, 0.1) is 0 Å². The summed E-state index contributed by atoms with van der Waals surface area (Å²) < 4.78 is 5.39. The minimum atomic E-state index is -0.982. The molecule has 0 amide bonds. The zero-order chi connectivity index (χ0) is 29.5. The molecule has 210 valence electrons. The highest BCUT2D eigenvalue weighted by Crippen LogP contribution is 2.31. The molecule has 5 rings (SSSR count). The maximum absolute atomic E-state index is 10.9. The average molecular weight is 571 g/mol. The van der Waals surface area contributed by atoms with Gasteiger partial charge in [0, 0.05) is 10.6 Å². The van der Waals surface area contributed by atoms with Gasteiger partial charge in [0.1, 0.15) is 5.75 Å². The second-order valence-corrected chi connectivity index (χ2v) is 11.5. The molecule has 4 heteroatoms. The molecule has 0 aliphatic heterocycles. The number of hydrogen-bond donors (Lipinski definition) is 1. The van der Waals surface area contributed by atoms with Crippen LogP contribution in [0.15, 0.2) is 126 Å². The Morgan fingerprint density at radius 3 is 1.71 bits per heavy atom. The molecule has 0 fully saturated rings. The normalized spacial score (nSPS) is 10.7. The van der Waals surface area contributed by atoms with E-state index < -0.39 is 5.97 Å². The summed E-state index contributed by atoms with van der Waals surface area (Å²) in [5, 5.41) is 8.91. The van der Waals surface area contributed by atoms with Crippen LogP contribution in [0.1, 0.15) is 27.8 Å². The maximum atomic E-state index is 10.9. The number of aliphatic carboxylic acids is 1. The molecule has 0 atom stereocenters. The lowest BCUT2D eigenvalue weighted by molar-refractivity contribution is -0.139. The van der Waals surface area contributed by atoms with E-state index in [-0.39, 0.29) is 6.61 Å². The number of aryl methyl sites for hydroxylation is 3. The van der Waals surface area contributed by atoms with E-state index in [2.05, 4.69) is 117 Å². The molecule has 0 saturated heterocycles. The maximum Gasteiger partial charge on any atom is 0.341 e. The Kier molecular flexibility index (Phi) is 9.25. The quantitative estimate of drug-likeness (QED) is 0.170. The zero-order valence-electron chi connectivity index (χ0n) is 24.1. The monoisotopic (exact) mass is 570 g/mol.